The molecule has 40 valence electrons. The number of hydrogen-bond acceptors (Lipinski definition) is 0. The van der Waals surface area contributed by atoms with E-state index in [0.717, 1.165) is 0 Å². The van der Waals surface area contributed by atoms with Crippen LogP contribution >= 0.6 is 37.2 Å². The fourth-order valence-corrected chi connectivity index (χ4v) is 0. The molecule has 0 fully saturated rings. The Bertz CT molecular complexity index is 6.85. The maximum Gasteiger partial charge on any atom is 0 e. The molecule has 0 aliphatic heterocycles. The van der Waals surface area contributed by atoms with E-state index in [-0.39, 0.29) is 62.2 Å². The van der Waals surface area contributed by atoms with Gasteiger partial charge in [0.05, 0.1) is 0 Å². The van der Waals surface area contributed by atoms with E-state index in [0.29, 0.717) is 0 Å². The van der Waals surface area contributed by atoms with Gasteiger partial charge in [0.2, 0.25) is 0 Å². The molecule has 1 nitrogen and oxygen atoms in total. The molecule has 2 N–H and O–H groups in total. The van der Waals surface area contributed by atoms with Gasteiger partial charge in [0.25, 0.3) is 0 Å². The van der Waals surface area contributed by atoms with E-state index in [2.05, 4.69) is 0 Å². The van der Waals surface area contributed by atoms with Crippen molar-refractivity contribution in [2.45, 2.75) is 0 Å². The van der Waals surface area contributed by atoms with Gasteiger partial charge in [0.15, 0.2) is 0 Å². The van der Waals surface area contributed by atoms with Crippen LogP contribution in [0.3, 0.4) is 0 Å². The van der Waals surface area contributed by atoms with Crippen molar-refractivity contribution in [1.29, 1.82) is 0 Å². The normalized spacial score (nSPS) is 0. The second-order valence-electron chi connectivity index (χ2n) is 0. The molecule has 0 amide bonds. The maximum absolute atomic E-state index is 0. The molecule has 0 saturated heterocycles. The number of rotatable bonds is 0. The first kappa shape index (κ1) is 90.9. The summed E-state index contributed by atoms with van der Waals surface area (Å²) >= 11 is 0. The summed E-state index contributed by atoms with van der Waals surface area (Å²) in [5.41, 5.74) is 0. The molecule has 0 aliphatic rings. The Hall–Kier alpha value is 1.45. The molecule has 0 radical (unpaired) electrons. The Morgan fingerprint density at radius 1 is 0.600 bits per heavy atom. The monoisotopic (exact) mass is 228 g/mol. The van der Waals surface area contributed by atoms with Crippen molar-refractivity contribution >= 4 is 37.2 Å². The van der Waals surface area contributed by atoms with E-state index in [1.807, 2.05) is 0 Å². The van der Waals surface area contributed by atoms with E-state index in [9.17, 15) is 0 Å². The second-order valence-corrected chi connectivity index (χ2v) is 0. The smallest absolute Gasteiger partial charge is 0 e. The predicted octanol–water partition coefficient (Wildman–Crippen LogP) is 0.438. The van der Waals surface area contributed by atoms with Gasteiger partial charge < -0.3 is 5.48 Å². The molecule has 0 aromatic heterocycles. The third-order valence-corrected chi connectivity index (χ3v) is 0. The van der Waals surface area contributed by atoms with Crippen molar-refractivity contribution in [3.8, 4) is 0 Å². The Labute approximate surface area is 62.2 Å². The Balaban J connectivity index is 0. The first-order valence-corrected chi connectivity index (χ1v) is 0. The molecule has 0 saturated carbocycles. The van der Waals surface area contributed by atoms with Gasteiger partial charge in [-0.1, -0.05) is 0 Å². The first-order valence-electron chi connectivity index (χ1n) is 0. The molecule has 5 heavy (non-hydrogen) atoms. The fraction of sp³-hybridized carbons (Fsp3) is 0. The third kappa shape index (κ3) is 30.8. The van der Waals surface area contributed by atoms with Crippen molar-refractivity contribution in [2.75, 3.05) is 0 Å². The molecule has 0 rings (SSSR count). The Kier molecular flexibility index (Phi) is 930. The van der Waals surface area contributed by atoms with Crippen molar-refractivity contribution in [1.82, 2.24) is 0 Å². The molecule has 0 unspecified atom stereocenters. The van der Waals surface area contributed by atoms with Gasteiger partial charge in [-0.05, 0) is 0 Å². The van der Waals surface area contributed by atoms with E-state index >= 15 is 0 Å². The number of hydrogen-bond donors (Lipinski definition) is 0. The zero-order valence-corrected chi connectivity index (χ0v) is 6.27. The van der Waals surface area contributed by atoms with E-state index in [4.69, 9.17) is 0 Å². The summed E-state index contributed by atoms with van der Waals surface area (Å²) in [6.45, 7) is 0. The van der Waals surface area contributed by atoms with Gasteiger partial charge in [0, 0.05) is 19.5 Å². The van der Waals surface area contributed by atoms with Gasteiger partial charge in [-0.3, -0.25) is 0 Å². The summed E-state index contributed by atoms with van der Waals surface area (Å²) in [4.78, 5) is 0. The standard InChI is InChI=1S/3ClH.H2O.Ru/h3*1H;1H2;. The van der Waals surface area contributed by atoms with Crippen molar-refractivity contribution < 1.29 is 25.0 Å². The average molecular weight is 228 g/mol. The molecule has 0 bridgehead atoms. The zero-order chi connectivity index (χ0) is 0. The molecule has 5 heteroatoms. The Morgan fingerprint density at radius 3 is 0.600 bits per heavy atom. The summed E-state index contributed by atoms with van der Waals surface area (Å²) in [5.74, 6) is 0. The van der Waals surface area contributed by atoms with E-state index < -0.39 is 0 Å². The summed E-state index contributed by atoms with van der Waals surface area (Å²) in [6, 6.07) is 0. The molecule has 0 spiro atoms. The number of halogens is 3. The minimum atomic E-state index is 0. The van der Waals surface area contributed by atoms with E-state index in [1.54, 1.807) is 0 Å². The molecular formula is H5Cl3ORu. The third-order valence-electron chi connectivity index (χ3n) is 0. The van der Waals surface area contributed by atoms with Crippen LogP contribution in [0.5, 0.6) is 0 Å². The van der Waals surface area contributed by atoms with Gasteiger partial charge in [0.1, 0.15) is 0 Å². The maximum atomic E-state index is 0. The van der Waals surface area contributed by atoms with Crippen LogP contribution in [0.2, 0.25) is 0 Å². The quantitative estimate of drug-likeness (QED) is 0.539. The van der Waals surface area contributed by atoms with Crippen LogP contribution in [0.4, 0.5) is 0 Å². The van der Waals surface area contributed by atoms with Crippen LogP contribution in [0.25, 0.3) is 0 Å². The predicted molar refractivity (Wildman–Crippen MR) is 25.4 cm³/mol. The second kappa shape index (κ2) is 51.2. The molecular weight excluding hydrogens is 223 g/mol. The van der Waals surface area contributed by atoms with Gasteiger partial charge in [-0.25, -0.2) is 0 Å². The Morgan fingerprint density at radius 2 is 0.600 bits per heavy atom. The van der Waals surface area contributed by atoms with Crippen molar-refractivity contribution in [3.05, 3.63) is 0 Å². The molecule has 0 aromatic carbocycles. The average Bonchev–Trinajstić information content (AvgIpc) is 0. The van der Waals surface area contributed by atoms with Crippen molar-refractivity contribution in [2.24, 2.45) is 0 Å². The van der Waals surface area contributed by atoms with Gasteiger partial charge in [-0.2, -0.15) is 0 Å². The largest absolute Gasteiger partial charge is 0.412 e. The summed E-state index contributed by atoms with van der Waals surface area (Å²) in [7, 11) is 0. The van der Waals surface area contributed by atoms with E-state index in [1.165, 1.54) is 0 Å². The molecule has 0 atom stereocenters. The summed E-state index contributed by atoms with van der Waals surface area (Å²) < 4.78 is 0. The van der Waals surface area contributed by atoms with Crippen LogP contribution in [-0.2, 0) is 19.5 Å². The molecule has 0 heterocycles. The zero-order valence-electron chi connectivity index (χ0n) is 2.08. The topological polar surface area (TPSA) is 31.5 Å². The van der Waals surface area contributed by atoms with Gasteiger partial charge >= 0.3 is 0 Å². The minimum Gasteiger partial charge on any atom is -0.412 e. The van der Waals surface area contributed by atoms with Crippen LogP contribution in [0.1, 0.15) is 0 Å². The molecule has 0 aromatic rings. The molecule has 0 aliphatic carbocycles. The first-order chi connectivity index (χ1) is 0. The van der Waals surface area contributed by atoms with Crippen LogP contribution in [0, 0.1) is 0 Å². The SMILES string of the molecule is Cl.Cl.Cl.O.[Ru]. The van der Waals surface area contributed by atoms with Gasteiger partial charge in [-0.15, -0.1) is 37.2 Å². The fourth-order valence-electron chi connectivity index (χ4n) is 0. The summed E-state index contributed by atoms with van der Waals surface area (Å²) in [6.07, 6.45) is 0. The van der Waals surface area contributed by atoms with Crippen LogP contribution in [-0.4, -0.2) is 5.48 Å². The summed E-state index contributed by atoms with van der Waals surface area (Å²) in [5, 5.41) is 0. The van der Waals surface area contributed by atoms with Crippen LogP contribution in [0.15, 0.2) is 0 Å². The van der Waals surface area contributed by atoms with Crippen molar-refractivity contribution in [3.63, 3.8) is 0 Å². The minimum absolute atomic E-state index is 0. The van der Waals surface area contributed by atoms with Crippen LogP contribution < -0.4 is 0 Å².